The number of nitrogens with one attached hydrogen (secondary N) is 1. The van der Waals surface area contributed by atoms with E-state index in [1.165, 1.54) is 5.56 Å². The van der Waals surface area contributed by atoms with Crippen LogP contribution >= 0.6 is 0 Å². The summed E-state index contributed by atoms with van der Waals surface area (Å²) in [5.74, 6) is 0.833. The molecule has 0 bridgehead atoms. The number of aliphatic hydroxyl groups excluding tert-OH is 1. The van der Waals surface area contributed by atoms with Crippen LogP contribution in [0.2, 0.25) is 0 Å². The fraction of sp³-hybridized carbons (Fsp3) is 0.190. The monoisotopic (exact) mass is 334 g/mol. The van der Waals surface area contributed by atoms with Crippen LogP contribution in [0.25, 0.3) is 0 Å². The van der Waals surface area contributed by atoms with Gasteiger partial charge in [-0.2, -0.15) is 0 Å². The van der Waals surface area contributed by atoms with Gasteiger partial charge >= 0.3 is 0 Å². The van der Waals surface area contributed by atoms with Crippen LogP contribution in [0.5, 0.6) is 5.75 Å². The lowest BCUT2D eigenvalue weighted by atomic mass is 10.1. The Morgan fingerprint density at radius 2 is 1.60 bits per heavy atom. The van der Waals surface area contributed by atoms with Crippen molar-refractivity contribution in [2.75, 3.05) is 0 Å². The van der Waals surface area contributed by atoms with Crippen molar-refractivity contribution in [2.45, 2.75) is 26.3 Å². The molecule has 0 saturated carbocycles. The highest BCUT2D eigenvalue weighted by Crippen LogP contribution is 2.14. The molecule has 3 rings (SSSR count). The van der Waals surface area contributed by atoms with Gasteiger partial charge in [0.1, 0.15) is 12.4 Å². The Kier molecular flexibility index (Phi) is 6.15. The third-order valence-corrected chi connectivity index (χ3v) is 3.97. The van der Waals surface area contributed by atoms with E-state index in [1.807, 2.05) is 54.6 Å². The van der Waals surface area contributed by atoms with E-state index < -0.39 is 0 Å². The minimum absolute atomic E-state index is 0.0696. The van der Waals surface area contributed by atoms with Gasteiger partial charge in [-0.15, -0.1) is 0 Å². The highest BCUT2D eigenvalue weighted by atomic mass is 16.5. The first-order valence-corrected chi connectivity index (χ1v) is 8.35. The third kappa shape index (κ3) is 5.14. The Morgan fingerprint density at radius 1 is 0.840 bits per heavy atom. The lowest BCUT2D eigenvalue weighted by Crippen LogP contribution is -2.14. The molecule has 0 aliphatic heterocycles. The van der Waals surface area contributed by atoms with E-state index in [2.05, 4.69) is 22.4 Å². The molecule has 0 unspecified atom stereocenters. The number of ether oxygens (including phenoxy) is 1. The number of benzene rings is 2. The first-order valence-electron chi connectivity index (χ1n) is 8.35. The molecule has 0 aliphatic rings. The van der Waals surface area contributed by atoms with Gasteiger partial charge in [-0.25, -0.2) is 0 Å². The minimum atomic E-state index is 0.0696. The molecule has 1 aromatic heterocycles. The van der Waals surface area contributed by atoms with Crippen LogP contribution in [-0.4, -0.2) is 10.1 Å². The predicted molar refractivity (Wildman–Crippen MR) is 97.9 cm³/mol. The van der Waals surface area contributed by atoms with Gasteiger partial charge in [0.25, 0.3) is 0 Å². The molecule has 0 fully saturated rings. The van der Waals surface area contributed by atoms with Crippen molar-refractivity contribution in [3.63, 3.8) is 0 Å². The van der Waals surface area contributed by atoms with Gasteiger partial charge in [0, 0.05) is 19.3 Å². The molecule has 3 aromatic rings. The zero-order valence-electron chi connectivity index (χ0n) is 14.1. The molecular formula is C21H22N2O2. The maximum Gasteiger partial charge on any atom is 0.130 e. The van der Waals surface area contributed by atoms with E-state index >= 15 is 0 Å². The molecule has 1 heterocycles. The van der Waals surface area contributed by atoms with E-state index in [-0.39, 0.29) is 6.61 Å². The van der Waals surface area contributed by atoms with Gasteiger partial charge in [-0.05, 0) is 41.0 Å². The second kappa shape index (κ2) is 8.97. The van der Waals surface area contributed by atoms with E-state index in [9.17, 15) is 5.11 Å². The van der Waals surface area contributed by atoms with Crippen LogP contribution in [0.1, 0.15) is 22.4 Å². The van der Waals surface area contributed by atoms with Crippen LogP contribution in [0.15, 0.2) is 72.9 Å². The second-order valence-corrected chi connectivity index (χ2v) is 5.78. The summed E-state index contributed by atoms with van der Waals surface area (Å²) in [6.07, 6.45) is 1.77. The largest absolute Gasteiger partial charge is 0.487 e. The van der Waals surface area contributed by atoms with Crippen molar-refractivity contribution in [1.29, 1.82) is 0 Å². The van der Waals surface area contributed by atoms with Gasteiger partial charge in [-0.3, -0.25) is 4.98 Å². The minimum Gasteiger partial charge on any atom is -0.487 e. The summed E-state index contributed by atoms with van der Waals surface area (Å²) in [5, 5.41) is 12.8. The van der Waals surface area contributed by atoms with Gasteiger partial charge in [0.05, 0.1) is 12.3 Å². The van der Waals surface area contributed by atoms with E-state index in [1.54, 1.807) is 6.20 Å². The molecule has 0 atom stereocenters. The summed E-state index contributed by atoms with van der Waals surface area (Å²) in [4.78, 5) is 4.24. The summed E-state index contributed by atoms with van der Waals surface area (Å²) < 4.78 is 5.74. The Bertz CT molecular complexity index is 773. The topological polar surface area (TPSA) is 54.4 Å². The molecule has 0 spiro atoms. The van der Waals surface area contributed by atoms with E-state index in [0.717, 1.165) is 35.7 Å². The number of nitrogens with zero attached hydrogens (tertiary/aromatic N) is 1. The molecule has 4 nitrogen and oxygen atoms in total. The van der Waals surface area contributed by atoms with Gasteiger partial charge < -0.3 is 15.2 Å². The molecule has 25 heavy (non-hydrogen) atoms. The van der Waals surface area contributed by atoms with Crippen LogP contribution < -0.4 is 10.1 Å². The fourth-order valence-electron chi connectivity index (χ4n) is 2.57. The van der Waals surface area contributed by atoms with Crippen molar-refractivity contribution in [1.82, 2.24) is 10.3 Å². The summed E-state index contributed by atoms with van der Waals surface area (Å²) in [6, 6.07) is 21.8. The molecule has 2 N–H and O–H groups in total. The van der Waals surface area contributed by atoms with Gasteiger partial charge in [0.15, 0.2) is 0 Å². The smallest absolute Gasteiger partial charge is 0.130 e. The zero-order chi connectivity index (χ0) is 17.3. The number of aliphatic hydroxyl groups is 1. The first-order chi connectivity index (χ1) is 12.3. The highest BCUT2D eigenvalue weighted by Gasteiger charge is 2.01. The van der Waals surface area contributed by atoms with Gasteiger partial charge in [0.2, 0.25) is 0 Å². The number of pyridine rings is 1. The SMILES string of the molecule is OCc1ccccc1CNCc1ccc(OCc2ccccn2)cc1. The van der Waals surface area contributed by atoms with E-state index in [0.29, 0.717) is 6.61 Å². The van der Waals surface area contributed by atoms with Crippen molar-refractivity contribution in [3.05, 3.63) is 95.3 Å². The average Bonchev–Trinajstić information content (AvgIpc) is 2.68. The zero-order valence-corrected chi connectivity index (χ0v) is 14.1. The number of aromatic nitrogens is 1. The number of hydrogen-bond donors (Lipinski definition) is 2. The molecular weight excluding hydrogens is 312 g/mol. The first kappa shape index (κ1) is 17.1. The molecule has 0 amide bonds. The Hall–Kier alpha value is -2.69. The van der Waals surface area contributed by atoms with Crippen molar-refractivity contribution in [3.8, 4) is 5.75 Å². The summed E-state index contributed by atoms with van der Waals surface area (Å²) in [7, 11) is 0. The molecule has 0 radical (unpaired) electrons. The summed E-state index contributed by atoms with van der Waals surface area (Å²) in [5.41, 5.74) is 4.19. The van der Waals surface area contributed by atoms with Crippen molar-refractivity contribution >= 4 is 0 Å². The van der Waals surface area contributed by atoms with Crippen LogP contribution in [-0.2, 0) is 26.3 Å². The maximum atomic E-state index is 9.35. The molecule has 0 aliphatic carbocycles. The number of rotatable bonds is 8. The molecule has 0 saturated heterocycles. The Morgan fingerprint density at radius 3 is 2.32 bits per heavy atom. The number of hydrogen-bond acceptors (Lipinski definition) is 4. The third-order valence-electron chi connectivity index (χ3n) is 3.97. The normalized spacial score (nSPS) is 10.6. The lowest BCUT2D eigenvalue weighted by Gasteiger charge is -2.10. The average molecular weight is 334 g/mol. The van der Waals surface area contributed by atoms with Crippen LogP contribution in [0.4, 0.5) is 0 Å². The fourth-order valence-corrected chi connectivity index (χ4v) is 2.57. The Balaban J connectivity index is 1.47. The molecule has 128 valence electrons. The molecule has 4 heteroatoms. The highest BCUT2D eigenvalue weighted by molar-refractivity contribution is 5.28. The van der Waals surface area contributed by atoms with Gasteiger partial charge in [-0.1, -0.05) is 42.5 Å². The summed E-state index contributed by atoms with van der Waals surface area (Å²) >= 11 is 0. The Labute approximate surface area is 148 Å². The summed E-state index contributed by atoms with van der Waals surface area (Å²) in [6.45, 7) is 2.03. The predicted octanol–water partition coefficient (Wildman–Crippen LogP) is 3.44. The second-order valence-electron chi connectivity index (χ2n) is 5.78. The quantitative estimate of drug-likeness (QED) is 0.662. The molecule has 2 aromatic carbocycles. The van der Waals surface area contributed by atoms with Crippen LogP contribution in [0.3, 0.4) is 0 Å². The van der Waals surface area contributed by atoms with Crippen LogP contribution in [0, 0.1) is 0 Å². The van der Waals surface area contributed by atoms with Crippen molar-refractivity contribution in [2.24, 2.45) is 0 Å². The van der Waals surface area contributed by atoms with Crippen molar-refractivity contribution < 1.29 is 9.84 Å². The standard InChI is InChI=1S/C21H22N2O2/c24-15-19-6-2-1-5-18(19)14-22-13-17-8-10-21(11-9-17)25-16-20-7-3-4-12-23-20/h1-12,22,24H,13-16H2. The maximum absolute atomic E-state index is 9.35. The lowest BCUT2D eigenvalue weighted by molar-refractivity contribution is 0.280. The van der Waals surface area contributed by atoms with E-state index in [4.69, 9.17) is 4.74 Å².